The molecule has 1 amide bonds. The molecular formula is C46H91N2O6P. The minimum Gasteiger partial charge on any atom is -0.756 e. The molecule has 0 aromatic heterocycles. The van der Waals surface area contributed by atoms with E-state index in [1.54, 1.807) is 0 Å². The number of nitrogens with one attached hydrogen (secondary N) is 1. The Bertz CT molecular complexity index is 953. The van der Waals surface area contributed by atoms with E-state index in [-0.39, 0.29) is 19.1 Å². The largest absolute Gasteiger partial charge is 0.756 e. The molecule has 326 valence electrons. The second-order valence-corrected chi connectivity index (χ2v) is 18.5. The molecule has 0 heterocycles. The Hall–Kier alpha value is -1.02. The number of hydrogen-bond acceptors (Lipinski definition) is 6. The lowest BCUT2D eigenvalue weighted by molar-refractivity contribution is -0.870. The number of aliphatic hydroxyl groups excluding tert-OH is 1. The highest BCUT2D eigenvalue weighted by atomic mass is 31.2. The van der Waals surface area contributed by atoms with Crippen molar-refractivity contribution in [2.45, 2.75) is 225 Å². The van der Waals surface area contributed by atoms with Gasteiger partial charge in [0.15, 0.2) is 0 Å². The van der Waals surface area contributed by atoms with Gasteiger partial charge >= 0.3 is 0 Å². The number of amides is 1. The fourth-order valence-corrected chi connectivity index (χ4v) is 7.44. The maximum Gasteiger partial charge on any atom is 0.268 e. The Balaban J connectivity index is 4.19. The molecule has 55 heavy (non-hydrogen) atoms. The fraction of sp³-hybridized carbons (Fsp3) is 0.891. The van der Waals surface area contributed by atoms with Crippen LogP contribution in [0.1, 0.15) is 213 Å². The molecule has 8 nitrogen and oxygen atoms in total. The van der Waals surface area contributed by atoms with Crippen molar-refractivity contribution >= 4 is 13.7 Å². The summed E-state index contributed by atoms with van der Waals surface area (Å²) in [7, 11) is 1.30. The predicted octanol–water partition coefficient (Wildman–Crippen LogP) is 12.3. The zero-order valence-electron chi connectivity index (χ0n) is 36.9. The molecule has 2 N–H and O–H groups in total. The highest BCUT2D eigenvalue weighted by Gasteiger charge is 2.24. The van der Waals surface area contributed by atoms with Crippen LogP contribution in [0, 0.1) is 0 Å². The molecule has 0 bridgehead atoms. The van der Waals surface area contributed by atoms with Gasteiger partial charge in [-0.25, -0.2) is 0 Å². The van der Waals surface area contributed by atoms with Crippen LogP contribution in [0.4, 0.5) is 0 Å². The molecule has 0 fully saturated rings. The van der Waals surface area contributed by atoms with Crippen molar-refractivity contribution in [3.8, 4) is 0 Å². The SMILES string of the molecule is CCCCCCC/C=C\C/C=C\CCCCCCCCCCCCCC(=O)NC(COP(=O)([O-])OCC[N+](C)(C)C)C(O)CCCCCCCCCCCC. The van der Waals surface area contributed by atoms with E-state index >= 15 is 0 Å². The van der Waals surface area contributed by atoms with Crippen molar-refractivity contribution in [2.75, 3.05) is 40.9 Å². The maximum atomic E-state index is 12.9. The van der Waals surface area contributed by atoms with Gasteiger partial charge in [0.1, 0.15) is 13.2 Å². The maximum absolute atomic E-state index is 12.9. The Morgan fingerprint density at radius 1 is 0.636 bits per heavy atom. The number of quaternary nitrogens is 1. The Morgan fingerprint density at radius 3 is 1.51 bits per heavy atom. The van der Waals surface area contributed by atoms with Crippen LogP contribution in [-0.2, 0) is 18.4 Å². The van der Waals surface area contributed by atoms with Crippen LogP contribution in [0.5, 0.6) is 0 Å². The number of unbranched alkanes of at least 4 members (excludes halogenated alkanes) is 25. The van der Waals surface area contributed by atoms with Gasteiger partial charge in [0, 0.05) is 6.42 Å². The van der Waals surface area contributed by atoms with Crippen LogP contribution >= 0.6 is 7.82 Å². The first-order valence-corrected chi connectivity index (χ1v) is 24.6. The third-order valence-corrected chi connectivity index (χ3v) is 11.4. The molecule has 0 saturated carbocycles. The summed E-state index contributed by atoms with van der Waals surface area (Å²) in [6, 6.07) is -0.797. The zero-order chi connectivity index (χ0) is 40.7. The molecule has 3 atom stereocenters. The van der Waals surface area contributed by atoms with Gasteiger partial charge in [-0.2, -0.15) is 0 Å². The number of phosphoric acid groups is 1. The van der Waals surface area contributed by atoms with E-state index < -0.39 is 20.0 Å². The summed E-state index contributed by atoms with van der Waals surface area (Å²) in [4.78, 5) is 25.3. The summed E-state index contributed by atoms with van der Waals surface area (Å²) in [5.41, 5.74) is 0. The van der Waals surface area contributed by atoms with Gasteiger partial charge in [0.05, 0.1) is 39.9 Å². The normalized spacial score (nSPS) is 14.5. The van der Waals surface area contributed by atoms with Crippen LogP contribution < -0.4 is 10.2 Å². The van der Waals surface area contributed by atoms with E-state index in [4.69, 9.17) is 9.05 Å². The standard InChI is InChI=1S/C46H91N2O6P/c1-6-8-10-12-14-16-18-19-20-21-22-23-24-25-26-27-28-29-30-32-34-36-38-40-46(50)47-44(43-54-55(51,52)53-42-41-48(3,4)5)45(49)39-37-35-33-31-17-15-13-11-9-7-2/h18-19,21-22,44-45,49H,6-17,20,23-43H2,1-5H3,(H-,47,50,51,52)/b19-18-,22-21-. The minimum atomic E-state index is -4.56. The summed E-state index contributed by atoms with van der Waals surface area (Å²) in [6.07, 6.45) is 44.7. The van der Waals surface area contributed by atoms with Gasteiger partial charge in [-0.05, 0) is 44.9 Å². The van der Waals surface area contributed by atoms with Gasteiger partial charge in [-0.1, -0.05) is 186 Å². The zero-order valence-corrected chi connectivity index (χ0v) is 37.8. The summed E-state index contributed by atoms with van der Waals surface area (Å²) in [6.45, 7) is 4.69. The van der Waals surface area contributed by atoms with E-state index in [0.29, 0.717) is 23.9 Å². The predicted molar refractivity (Wildman–Crippen MR) is 233 cm³/mol. The van der Waals surface area contributed by atoms with Gasteiger partial charge in [-0.3, -0.25) is 9.36 Å². The monoisotopic (exact) mass is 799 g/mol. The Morgan fingerprint density at radius 2 is 1.05 bits per heavy atom. The average molecular weight is 799 g/mol. The van der Waals surface area contributed by atoms with Crippen molar-refractivity contribution in [3.05, 3.63) is 24.3 Å². The number of nitrogens with zero attached hydrogens (tertiary/aromatic N) is 1. The number of likely N-dealkylation sites (N-methyl/N-ethyl adjacent to an activating group) is 1. The number of rotatable bonds is 42. The molecule has 0 aliphatic rings. The van der Waals surface area contributed by atoms with E-state index in [1.165, 1.54) is 141 Å². The number of carbonyl (C=O) groups excluding carboxylic acids is 1. The molecule has 0 radical (unpaired) electrons. The van der Waals surface area contributed by atoms with Crippen LogP contribution in [0.3, 0.4) is 0 Å². The summed E-state index contributed by atoms with van der Waals surface area (Å²) in [5.74, 6) is -0.168. The Kier molecular flexibility index (Phi) is 37.8. The quantitative estimate of drug-likeness (QED) is 0.0276. The van der Waals surface area contributed by atoms with Crippen molar-refractivity contribution in [1.29, 1.82) is 0 Å². The highest BCUT2D eigenvalue weighted by molar-refractivity contribution is 7.45. The number of aliphatic hydroxyl groups is 1. The van der Waals surface area contributed by atoms with E-state index in [0.717, 1.165) is 44.9 Å². The highest BCUT2D eigenvalue weighted by Crippen LogP contribution is 2.38. The third-order valence-electron chi connectivity index (χ3n) is 10.4. The molecule has 9 heteroatoms. The lowest BCUT2D eigenvalue weighted by Crippen LogP contribution is -2.46. The Labute approximate surface area is 341 Å². The molecule has 0 saturated heterocycles. The van der Waals surface area contributed by atoms with Crippen LogP contribution in [0.2, 0.25) is 0 Å². The number of phosphoric ester groups is 1. The number of hydrogen-bond donors (Lipinski definition) is 2. The first-order valence-electron chi connectivity index (χ1n) is 23.2. The van der Waals surface area contributed by atoms with E-state index in [9.17, 15) is 19.4 Å². The van der Waals surface area contributed by atoms with Crippen molar-refractivity contribution in [2.24, 2.45) is 0 Å². The average Bonchev–Trinajstić information content (AvgIpc) is 3.13. The van der Waals surface area contributed by atoms with E-state index in [1.807, 2.05) is 21.1 Å². The lowest BCUT2D eigenvalue weighted by atomic mass is 10.0. The third kappa shape index (κ3) is 41.0. The number of carbonyl (C=O) groups is 1. The summed E-state index contributed by atoms with van der Waals surface area (Å²) in [5, 5.41) is 13.9. The molecule has 0 aliphatic carbocycles. The van der Waals surface area contributed by atoms with Crippen molar-refractivity contribution in [1.82, 2.24) is 5.32 Å². The minimum absolute atomic E-state index is 0.0124. The van der Waals surface area contributed by atoms with Crippen LogP contribution in [0.25, 0.3) is 0 Å². The van der Waals surface area contributed by atoms with Crippen molar-refractivity contribution < 1.29 is 32.9 Å². The first kappa shape index (κ1) is 54.0. The summed E-state index contributed by atoms with van der Waals surface area (Å²) < 4.78 is 23.2. The smallest absolute Gasteiger partial charge is 0.268 e. The second-order valence-electron chi connectivity index (χ2n) is 17.1. The molecule has 3 unspecified atom stereocenters. The van der Waals surface area contributed by atoms with Gasteiger partial charge in [-0.15, -0.1) is 0 Å². The molecule has 0 rings (SSSR count). The molecule has 0 aliphatic heterocycles. The van der Waals surface area contributed by atoms with Crippen LogP contribution in [-0.4, -0.2) is 68.5 Å². The molecule has 0 aromatic rings. The topological polar surface area (TPSA) is 108 Å². The summed E-state index contributed by atoms with van der Waals surface area (Å²) >= 11 is 0. The van der Waals surface area contributed by atoms with Crippen LogP contribution in [0.15, 0.2) is 24.3 Å². The fourth-order valence-electron chi connectivity index (χ4n) is 6.72. The van der Waals surface area contributed by atoms with E-state index in [2.05, 4.69) is 43.5 Å². The number of allylic oxidation sites excluding steroid dienone is 4. The van der Waals surface area contributed by atoms with Gasteiger partial charge in [0.25, 0.3) is 7.82 Å². The molecule has 0 aromatic carbocycles. The lowest BCUT2D eigenvalue weighted by Gasteiger charge is -2.30. The molecule has 0 spiro atoms. The van der Waals surface area contributed by atoms with Gasteiger partial charge < -0.3 is 28.8 Å². The second kappa shape index (κ2) is 38.5. The molecular weight excluding hydrogens is 707 g/mol. The van der Waals surface area contributed by atoms with Gasteiger partial charge in [0.2, 0.25) is 5.91 Å². The first-order chi connectivity index (χ1) is 26.5. The van der Waals surface area contributed by atoms with Crippen molar-refractivity contribution in [3.63, 3.8) is 0 Å².